The fourth-order valence-electron chi connectivity index (χ4n) is 6.23. The Kier molecular flexibility index (Phi) is 6.55. The van der Waals surface area contributed by atoms with E-state index in [-0.39, 0.29) is 0 Å². The van der Waals surface area contributed by atoms with Crippen molar-refractivity contribution >= 4 is 82.5 Å². The number of aromatic nitrogens is 1. The first kappa shape index (κ1) is 25.3. The van der Waals surface area contributed by atoms with Gasteiger partial charge in [-0.1, -0.05) is 147 Å². The quantitative estimate of drug-likeness (QED) is 0.132. The summed E-state index contributed by atoms with van der Waals surface area (Å²) in [7, 11) is -2.78. The van der Waals surface area contributed by atoms with Gasteiger partial charge in [-0.05, 0) is 57.1 Å². The van der Waals surface area contributed by atoms with Crippen LogP contribution in [0.25, 0.3) is 27.5 Å². The summed E-state index contributed by atoms with van der Waals surface area (Å²) in [6, 6.07) is 55.2. The number of halogens is 2. The molecule has 0 radical (unpaired) electrons. The van der Waals surface area contributed by atoms with Gasteiger partial charge < -0.3 is 4.57 Å². The van der Waals surface area contributed by atoms with E-state index in [4.69, 9.17) is 0 Å². The summed E-state index contributed by atoms with van der Waals surface area (Å²) in [5.74, 6) is 0. The fraction of sp³-hybridized carbons (Fsp3) is 0. The van der Waals surface area contributed by atoms with E-state index in [2.05, 4.69) is 188 Å². The molecule has 0 saturated carbocycles. The van der Waals surface area contributed by atoms with Crippen LogP contribution in [0.3, 0.4) is 0 Å². The van der Waals surface area contributed by atoms with Crippen molar-refractivity contribution in [2.24, 2.45) is 0 Å². The lowest BCUT2D eigenvalue weighted by molar-refractivity contribution is 1.18. The first-order valence-electron chi connectivity index (χ1n) is 13.3. The Labute approximate surface area is 252 Å². The highest BCUT2D eigenvalue weighted by atomic mass is 79.9. The normalized spacial score (nSPS) is 11.8. The molecule has 1 heterocycles. The molecule has 0 unspecified atom stereocenters. The summed E-state index contributed by atoms with van der Waals surface area (Å²) >= 11 is 7.97. The number of rotatable bonds is 5. The molecular formula is C36H25Br2NSi. The lowest BCUT2D eigenvalue weighted by Gasteiger charge is -2.36. The van der Waals surface area contributed by atoms with Crippen molar-refractivity contribution in [3.8, 4) is 5.69 Å². The van der Waals surface area contributed by atoms with Gasteiger partial charge >= 0.3 is 0 Å². The molecule has 192 valence electrons. The first-order chi connectivity index (χ1) is 19.7. The van der Waals surface area contributed by atoms with E-state index in [1.54, 1.807) is 0 Å². The van der Waals surface area contributed by atoms with Crippen LogP contribution in [0.5, 0.6) is 0 Å². The second-order valence-electron chi connectivity index (χ2n) is 10.00. The second kappa shape index (κ2) is 10.4. The number of fused-ring (bicyclic) bond motifs is 3. The number of nitrogens with zero attached hydrogens (tertiary/aromatic N) is 1. The molecule has 0 N–H and O–H groups in total. The predicted molar refractivity (Wildman–Crippen MR) is 180 cm³/mol. The van der Waals surface area contributed by atoms with Gasteiger partial charge in [-0.15, -0.1) is 0 Å². The van der Waals surface area contributed by atoms with Gasteiger partial charge in [0.2, 0.25) is 0 Å². The molecule has 0 aliphatic heterocycles. The van der Waals surface area contributed by atoms with Crippen LogP contribution < -0.4 is 20.7 Å². The average molecular weight is 659 g/mol. The minimum Gasteiger partial charge on any atom is -0.309 e. The van der Waals surface area contributed by atoms with Crippen molar-refractivity contribution in [1.29, 1.82) is 0 Å². The summed E-state index contributed by atoms with van der Waals surface area (Å²) in [6.45, 7) is 0. The number of hydrogen-bond acceptors (Lipinski definition) is 0. The van der Waals surface area contributed by atoms with Gasteiger partial charge in [0.15, 0.2) is 8.07 Å². The number of benzene rings is 6. The highest BCUT2D eigenvalue weighted by molar-refractivity contribution is 9.11. The van der Waals surface area contributed by atoms with Crippen molar-refractivity contribution in [1.82, 2.24) is 4.57 Å². The average Bonchev–Trinajstić information content (AvgIpc) is 3.34. The third-order valence-electron chi connectivity index (χ3n) is 7.88. The largest absolute Gasteiger partial charge is 0.309 e. The Balaban J connectivity index is 1.61. The van der Waals surface area contributed by atoms with E-state index in [1.807, 2.05) is 0 Å². The zero-order chi connectivity index (χ0) is 27.1. The summed E-state index contributed by atoms with van der Waals surface area (Å²) in [5, 5.41) is 7.86. The molecule has 4 heteroatoms. The zero-order valence-electron chi connectivity index (χ0n) is 21.6. The third-order valence-corrected chi connectivity index (χ3v) is 14.9. The molecule has 1 nitrogen and oxygen atoms in total. The van der Waals surface area contributed by atoms with Crippen LogP contribution in [-0.2, 0) is 0 Å². The third kappa shape index (κ3) is 3.94. The minimum atomic E-state index is -2.78. The van der Waals surface area contributed by atoms with E-state index in [0.717, 1.165) is 8.95 Å². The number of hydrogen-bond donors (Lipinski definition) is 0. The van der Waals surface area contributed by atoms with Crippen molar-refractivity contribution in [2.45, 2.75) is 0 Å². The standard InChI is InChI=1S/C36H25Br2NSi/c37-31-19-6-10-23-35(31)40(27-14-2-1-3-15-27,36-24-11-7-20-32(36)38)28-16-12-13-26(25-28)39-33-21-8-4-17-29(33)30-18-5-9-22-34(30)39/h1-25H. The van der Waals surface area contributed by atoms with Crippen LogP contribution >= 0.6 is 31.9 Å². The van der Waals surface area contributed by atoms with Crippen molar-refractivity contribution in [3.63, 3.8) is 0 Å². The molecule has 0 spiro atoms. The SMILES string of the molecule is Brc1ccccc1[Si](c1ccccc1)(c1cccc(-n2c3ccccc3c3ccccc32)c1)c1ccccc1Br. The monoisotopic (exact) mass is 657 g/mol. The lowest BCUT2D eigenvalue weighted by atomic mass is 10.2. The summed E-state index contributed by atoms with van der Waals surface area (Å²) in [4.78, 5) is 0. The molecule has 0 bridgehead atoms. The van der Waals surface area contributed by atoms with Crippen molar-refractivity contribution < 1.29 is 0 Å². The minimum absolute atomic E-state index is 1.13. The molecule has 40 heavy (non-hydrogen) atoms. The zero-order valence-corrected chi connectivity index (χ0v) is 25.8. The molecule has 0 aliphatic rings. The topological polar surface area (TPSA) is 4.93 Å². The van der Waals surface area contributed by atoms with E-state index in [0.29, 0.717) is 0 Å². The first-order valence-corrected chi connectivity index (χ1v) is 16.9. The molecule has 0 aliphatic carbocycles. The van der Waals surface area contributed by atoms with Crippen molar-refractivity contribution in [3.05, 3.63) is 161 Å². The second-order valence-corrected chi connectivity index (χ2v) is 15.4. The Morgan fingerprint density at radius 1 is 0.425 bits per heavy atom. The number of para-hydroxylation sites is 2. The molecule has 0 amide bonds. The van der Waals surface area contributed by atoms with Crippen LogP contribution in [0.15, 0.2) is 161 Å². The van der Waals surface area contributed by atoms with Gasteiger partial charge in [-0.2, -0.15) is 0 Å². The smallest absolute Gasteiger partial charge is 0.181 e. The maximum atomic E-state index is 3.99. The van der Waals surface area contributed by atoms with Crippen LogP contribution in [0.1, 0.15) is 0 Å². The Morgan fingerprint density at radius 3 is 1.48 bits per heavy atom. The van der Waals surface area contributed by atoms with Crippen LogP contribution in [0.4, 0.5) is 0 Å². The maximum absolute atomic E-state index is 3.99. The fourth-order valence-corrected chi connectivity index (χ4v) is 13.4. The van der Waals surface area contributed by atoms with Gasteiger partial charge in [-0.3, -0.25) is 0 Å². The van der Waals surface area contributed by atoms with E-state index in [1.165, 1.54) is 48.2 Å². The van der Waals surface area contributed by atoms with Crippen LogP contribution in [0, 0.1) is 0 Å². The molecule has 6 aromatic carbocycles. The summed E-state index contributed by atoms with van der Waals surface area (Å²) < 4.78 is 4.67. The highest BCUT2D eigenvalue weighted by Gasteiger charge is 2.44. The van der Waals surface area contributed by atoms with Crippen LogP contribution in [0.2, 0.25) is 0 Å². The molecule has 0 saturated heterocycles. The molecule has 7 rings (SSSR count). The Bertz CT molecular complexity index is 1900. The van der Waals surface area contributed by atoms with Crippen molar-refractivity contribution in [2.75, 3.05) is 0 Å². The Morgan fingerprint density at radius 2 is 0.900 bits per heavy atom. The van der Waals surface area contributed by atoms with E-state index < -0.39 is 8.07 Å². The molecule has 0 atom stereocenters. The van der Waals surface area contributed by atoms with Gasteiger partial charge in [0.05, 0.1) is 11.0 Å². The lowest BCUT2D eigenvalue weighted by Crippen LogP contribution is -2.75. The summed E-state index contributed by atoms with van der Waals surface area (Å²) in [5.41, 5.74) is 3.60. The highest BCUT2D eigenvalue weighted by Crippen LogP contribution is 2.31. The molecule has 7 aromatic rings. The van der Waals surface area contributed by atoms with Gasteiger partial charge in [-0.25, -0.2) is 0 Å². The van der Waals surface area contributed by atoms with E-state index in [9.17, 15) is 0 Å². The molecular weight excluding hydrogens is 634 g/mol. The van der Waals surface area contributed by atoms with Gasteiger partial charge in [0.25, 0.3) is 0 Å². The summed E-state index contributed by atoms with van der Waals surface area (Å²) in [6.07, 6.45) is 0. The maximum Gasteiger partial charge on any atom is 0.181 e. The predicted octanol–water partition coefficient (Wildman–Crippen LogP) is 7.69. The molecule has 1 aromatic heterocycles. The van der Waals surface area contributed by atoms with E-state index >= 15 is 0 Å². The molecule has 0 fully saturated rings. The Hall–Kier alpha value is -3.70. The van der Waals surface area contributed by atoms with Gasteiger partial charge in [0, 0.05) is 25.4 Å². The van der Waals surface area contributed by atoms with Gasteiger partial charge in [0.1, 0.15) is 0 Å². The van der Waals surface area contributed by atoms with Crippen LogP contribution in [-0.4, -0.2) is 12.6 Å².